The Labute approximate surface area is 176 Å². The number of carbonyl (C=O) groups is 3. The second-order valence-electron chi connectivity index (χ2n) is 7.64. The normalized spacial score (nSPS) is 11.7. The molecule has 0 aromatic rings. The van der Waals surface area contributed by atoms with Crippen LogP contribution in [0.5, 0.6) is 0 Å². The van der Waals surface area contributed by atoms with Gasteiger partial charge in [0.05, 0.1) is 13.7 Å². The zero-order valence-corrected chi connectivity index (χ0v) is 18.6. The van der Waals surface area contributed by atoms with Crippen LogP contribution >= 0.6 is 0 Å². The third-order valence-corrected chi connectivity index (χ3v) is 4.97. The summed E-state index contributed by atoms with van der Waals surface area (Å²) in [7, 11) is 1.29. The van der Waals surface area contributed by atoms with E-state index in [1.807, 2.05) is 0 Å². The molecule has 7 nitrogen and oxygen atoms in total. The van der Waals surface area contributed by atoms with Gasteiger partial charge in [-0.05, 0) is 32.2 Å². The predicted molar refractivity (Wildman–Crippen MR) is 116 cm³/mol. The van der Waals surface area contributed by atoms with E-state index in [0.717, 1.165) is 32.1 Å². The highest BCUT2D eigenvalue weighted by molar-refractivity contribution is 5.88. The highest BCUT2D eigenvalue weighted by Gasteiger charge is 2.21. The fourth-order valence-corrected chi connectivity index (χ4v) is 3.17. The molecule has 2 amide bonds. The number of hydrogen-bond acceptors (Lipinski definition) is 5. The number of esters is 1. The van der Waals surface area contributed by atoms with Crippen molar-refractivity contribution < 1.29 is 19.1 Å². The molecule has 0 fully saturated rings. The van der Waals surface area contributed by atoms with Crippen LogP contribution in [0.25, 0.3) is 0 Å². The summed E-state index contributed by atoms with van der Waals surface area (Å²) in [5, 5.41) is 5.24. The molecule has 0 aromatic carbocycles. The van der Waals surface area contributed by atoms with Crippen LogP contribution in [0.15, 0.2) is 0 Å². The van der Waals surface area contributed by atoms with Gasteiger partial charge >= 0.3 is 5.97 Å². The molecule has 0 bridgehead atoms. The lowest BCUT2D eigenvalue weighted by Gasteiger charge is -2.16. The summed E-state index contributed by atoms with van der Waals surface area (Å²) in [5.74, 6) is -0.992. The molecule has 0 saturated heterocycles. The third kappa shape index (κ3) is 17.0. The van der Waals surface area contributed by atoms with Crippen molar-refractivity contribution >= 4 is 17.8 Å². The fraction of sp³-hybridized carbons (Fsp3) is 0.864. The molecule has 170 valence electrons. The van der Waals surface area contributed by atoms with E-state index in [0.29, 0.717) is 19.4 Å². The fourth-order valence-electron chi connectivity index (χ4n) is 3.17. The van der Waals surface area contributed by atoms with E-state index in [1.54, 1.807) is 0 Å². The Balaban J connectivity index is 3.78. The van der Waals surface area contributed by atoms with Gasteiger partial charge in [0.25, 0.3) is 0 Å². The number of rotatable bonds is 19. The van der Waals surface area contributed by atoms with Crippen molar-refractivity contribution in [3.63, 3.8) is 0 Å². The van der Waals surface area contributed by atoms with Gasteiger partial charge in [0, 0.05) is 6.42 Å². The van der Waals surface area contributed by atoms with Crippen LogP contribution in [0.4, 0.5) is 0 Å². The molecule has 1 atom stereocenters. The van der Waals surface area contributed by atoms with Crippen molar-refractivity contribution in [2.75, 3.05) is 20.2 Å². The van der Waals surface area contributed by atoms with Gasteiger partial charge in [-0.15, -0.1) is 0 Å². The average Bonchev–Trinajstić information content (AvgIpc) is 2.72. The first-order chi connectivity index (χ1) is 14.0. The van der Waals surface area contributed by atoms with E-state index < -0.39 is 12.0 Å². The Morgan fingerprint density at radius 1 is 0.828 bits per heavy atom. The largest absolute Gasteiger partial charge is 0.467 e. The van der Waals surface area contributed by atoms with E-state index in [1.165, 1.54) is 52.1 Å². The summed E-state index contributed by atoms with van der Waals surface area (Å²) in [5.41, 5.74) is 5.45. The average molecular weight is 414 g/mol. The van der Waals surface area contributed by atoms with Crippen LogP contribution in [-0.4, -0.2) is 44.0 Å². The van der Waals surface area contributed by atoms with Gasteiger partial charge in [-0.2, -0.15) is 0 Å². The highest BCUT2D eigenvalue weighted by atomic mass is 16.5. The Kier molecular flexibility index (Phi) is 18.6. The monoisotopic (exact) mass is 413 g/mol. The zero-order chi connectivity index (χ0) is 21.7. The molecule has 0 heterocycles. The molecule has 0 radical (unpaired) electrons. The van der Waals surface area contributed by atoms with Gasteiger partial charge in [0.1, 0.15) is 6.04 Å². The minimum atomic E-state index is -0.696. The van der Waals surface area contributed by atoms with E-state index in [9.17, 15) is 14.4 Å². The maximum absolute atomic E-state index is 12.0. The number of nitrogens with two attached hydrogens (primary N) is 1. The van der Waals surface area contributed by atoms with Crippen LogP contribution in [0, 0.1) is 0 Å². The molecule has 7 heteroatoms. The van der Waals surface area contributed by atoms with E-state index in [-0.39, 0.29) is 18.4 Å². The van der Waals surface area contributed by atoms with Gasteiger partial charge in [0.15, 0.2) is 0 Å². The van der Waals surface area contributed by atoms with Crippen LogP contribution in [0.2, 0.25) is 0 Å². The number of amides is 2. The maximum Gasteiger partial charge on any atom is 0.328 e. The first-order valence-electron chi connectivity index (χ1n) is 11.4. The van der Waals surface area contributed by atoms with Crippen molar-refractivity contribution in [2.45, 2.75) is 103 Å². The molecule has 0 aliphatic rings. The van der Waals surface area contributed by atoms with Gasteiger partial charge < -0.3 is 21.1 Å². The number of nitrogens with one attached hydrogen (secondary N) is 2. The lowest BCUT2D eigenvalue weighted by atomic mass is 10.1. The third-order valence-electron chi connectivity index (χ3n) is 4.97. The summed E-state index contributed by atoms with van der Waals surface area (Å²) >= 11 is 0. The molecular weight excluding hydrogens is 370 g/mol. The lowest BCUT2D eigenvalue weighted by Crippen LogP contribution is -2.46. The van der Waals surface area contributed by atoms with Crippen LogP contribution in [-0.2, 0) is 19.1 Å². The number of ether oxygens (including phenoxy) is 1. The first kappa shape index (κ1) is 27.4. The number of hydrogen-bond donors (Lipinski definition) is 3. The number of carbonyl (C=O) groups excluding carboxylic acids is 3. The van der Waals surface area contributed by atoms with Gasteiger partial charge in [-0.3, -0.25) is 9.59 Å². The molecule has 0 aliphatic heterocycles. The predicted octanol–water partition coefficient (Wildman–Crippen LogP) is 3.20. The van der Waals surface area contributed by atoms with Gasteiger partial charge in [-0.25, -0.2) is 4.79 Å². The molecule has 0 spiro atoms. The summed E-state index contributed by atoms with van der Waals surface area (Å²) in [6, 6.07) is -0.696. The van der Waals surface area contributed by atoms with Crippen LogP contribution in [0.1, 0.15) is 96.8 Å². The Bertz CT molecular complexity index is 444. The second-order valence-corrected chi connectivity index (χ2v) is 7.64. The molecule has 0 aliphatic carbocycles. The highest BCUT2D eigenvalue weighted by Crippen LogP contribution is 2.11. The van der Waals surface area contributed by atoms with Crippen molar-refractivity contribution in [3.8, 4) is 0 Å². The minimum absolute atomic E-state index is 0.124. The minimum Gasteiger partial charge on any atom is -0.467 e. The second kappa shape index (κ2) is 19.7. The van der Waals surface area contributed by atoms with Crippen molar-refractivity contribution in [1.29, 1.82) is 0 Å². The molecule has 1 unspecified atom stereocenters. The van der Waals surface area contributed by atoms with Gasteiger partial charge in [-0.1, -0.05) is 64.7 Å². The SMILES string of the molecule is CCCCCCCCCCCCC(=O)NCC(=O)NC(CCCCN)C(=O)OC. The standard InChI is InChI=1S/C22H43N3O4/c1-3-4-5-6-7-8-9-10-11-12-16-20(26)24-18-21(27)25-19(22(28)29-2)15-13-14-17-23/h19H,3-18,23H2,1-2H3,(H,24,26)(H,25,27). The number of methoxy groups -OCH3 is 1. The first-order valence-corrected chi connectivity index (χ1v) is 11.4. The summed E-state index contributed by atoms with van der Waals surface area (Å²) < 4.78 is 4.71. The summed E-state index contributed by atoms with van der Waals surface area (Å²) in [6.07, 6.45) is 14.6. The molecule has 0 aromatic heterocycles. The van der Waals surface area contributed by atoms with E-state index >= 15 is 0 Å². The van der Waals surface area contributed by atoms with Crippen molar-refractivity contribution in [2.24, 2.45) is 5.73 Å². The number of unbranched alkanes of at least 4 members (excludes halogenated alkanes) is 10. The summed E-state index contributed by atoms with van der Waals surface area (Å²) in [6.45, 7) is 2.64. The van der Waals surface area contributed by atoms with E-state index in [2.05, 4.69) is 17.6 Å². The smallest absolute Gasteiger partial charge is 0.328 e. The molecule has 29 heavy (non-hydrogen) atoms. The Morgan fingerprint density at radius 3 is 1.97 bits per heavy atom. The van der Waals surface area contributed by atoms with Crippen molar-refractivity contribution in [1.82, 2.24) is 10.6 Å². The maximum atomic E-state index is 12.0. The van der Waals surface area contributed by atoms with E-state index in [4.69, 9.17) is 10.5 Å². The Morgan fingerprint density at radius 2 is 1.41 bits per heavy atom. The molecule has 0 rings (SSSR count). The quantitative estimate of drug-likeness (QED) is 0.222. The van der Waals surface area contributed by atoms with Gasteiger partial charge in [0.2, 0.25) is 11.8 Å². The van der Waals surface area contributed by atoms with Crippen LogP contribution in [0.3, 0.4) is 0 Å². The lowest BCUT2D eigenvalue weighted by molar-refractivity contribution is -0.145. The topological polar surface area (TPSA) is 111 Å². The Hall–Kier alpha value is -1.63. The summed E-state index contributed by atoms with van der Waals surface area (Å²) in [4.78, 5) is 35.6. The van der Waals surface area contributed by atoms with Crippen molar-refractivity contribution in [3.05, 3.63) is 0 Å². The molecular formula is C22H43N3O4. The molecule has 4 N–H and O–H groups in total. The molecule has 0 saturated carbocycles. The zero-order valence-electron chi connectivity index (χ0n) is 18.6. The van der Waals surface area contributed by atoms with Crippen LogP contribution < -0.4 is 16.4 Å².